The summed E-state index contributed by atoms with van der Waals surface area (Å²) < 4.78 is 26.0. The first-order chi connectivity index (χ1) is 7.36. The molecule has 1 rings (SSSR count). The van der Waals surface area contributed by atoms with Crippen molar-refractivity contribution in [2.75, 3.05) is 0 Å². The van der Waals surface area contributed by atoms with Gasteiger partial charge in [-0.3, -0.25) is 0 Å². The fourth-order valence-electron chi connectivity index (χ4n) is 1.13. The van der Waals surface area contributed by atoms with Crippen LogP contribution in [0.3, 0.4) is 0 Å². The standard InChI is InChI=1S/C10H8F2O4/c11-7-3-1-6(2-4-7)5-10(12,8(13)14)9(15)16/h1-4H,5H2,(H,13,14)(H,15,16). The van der Waals surface area contributed by atoms with Crippen LogP contribution in [-0.4, -0.2) is 27.8 Å². The molecule has 0 aliphatic heterocycles. The number of alkyl halides is 1. The predicted octanol–water partition coefficient (Wildman–Crippen LogP) is 1.25. The minimum absolute atomic E-state index is 0.0914. The summed E-state index contributed by atoms with van der Waals surface area (Å²) in [6.07, 6.45) is -0.849. The van der Waals surface area contributed by atoms with Crippen molar-refractivity contribution in [3.05, 3.63) is 35.6 Å². The summed E-state index contributed by atoms with van der Waals surface area (Å²) in [5.74, 6) is -4.73. The number of carbonyl (C=O) groups is 2. The van der Waals surface area contributed by atoms with Crippen LogP contribution in [0.5, 0.6) is 0 Å². The van der Waals surface area contributed by atoms with Crippen molar-refractivity contribution in [1.29, 1.82) is 0 Å². The van der Waals surface area contributed by atoms with Gasteiger partial charge in [0.25, 0.3) is 0 Å². The van der Waals surface area contributed by atoms with Crippen LogP contribution >= 0.6 is 0 Å². The summed E-state index contributed by atoms with van der Waals surface area (Å²) in [6, 6.07) is 4.27. The molecule has 6 heteroatoms. The molecule has 4 nitrogen and oxygen atoms in total. The fourth-order valence-corrected chi connectivity index (χ4v) is 1.13. The Balaban J connectivity index is 2.97. The van der Waals surface area contributed by atoms with Crippen molar-refractivity contribution >= 4 is 11.9 Å². The molecule has 86 valence electrons. The Kier molecular flexibility index (Phi) is 3.22. The molecule has 0 atom stereocenters. The van der Waals surface area contributed by atoms with E-state index in [0.717, 1.165) is 24.3 Å². The number of carboxylic acid groups (broad SMARTS) is 2. The molecule has 0 saturated carbocycles. The van der Waals surface area contributed by atoms with Gasteiger partial charge in [0, 0.05) is 6.42 Å². The van der Waals surface area contributed by atoms with E-state index in [2.05, 4.69) is 0 Å². The molecular weight excluding hydrogens is 222 g/mol. The van der Waals surface area contributed by atoms with E-state index in [0.29, 0.717) is 0 Å². The van der Waals surface area contributed by atoms with E-state index in [1.54, 1.807) is 0 Å². The second-order valence-corrected chi connectivity index (χ2v) is 3.21. The average Bonchev–Trinajstić information content (AvgIpc) is 2.20. The topological polar surface area (TPSA) is 74.6 Å². The van der Waals surface area contributed by atoms with Crippen LogP contribution in [0.15, 0.2) is 24.3 Å². The predicted molar refractivity (Wildman–Crippen MR) is 49.2 cm³/mol. The highest BCUT2D eigenvalue weighted by molar-refractivity contribution is 6.01. The van der Waals surface area contributed by atoms with Gasteiger partial charge in [0.15, 0.2) is 0 Å². The lowest BCUT2D eigenvalue weighted by Gasteiger charge is -2.15. The van der Waals surface area contributed by atoms with E-state index in [1.807, 2.05) is 0 Å². The summed E-state index contributed by atoms with van der Waals surface area (Å²) in [5, 5.41) is 17.0. The van der Waals surface area contributed by atoms with Gasteiger partial charge in [-0.1, -0.05) is 12.1 Å². The van der Waals surface area contributed by atoms with Gasteiger partial charge in [0.05, 0.1) is 0 Å². The number of halogens is 2. The monoisotopic (exact) mass is 230 g/mol. The van der Waals surface area contributed by atoms with E-state index in [1.165, 1.54) is 0 Å². The maximum absolute atomic E-state index is 13.5. The van der Waals surface area contributed by atoms with Crippen LogP contribution in [0.25, 0.3) is 0 Å². The average molecular weight is 230 g/mol. The third-order valence-corrected chi connectivity index (χ3v) is 2.04. The minimum Gasteiger partial charge on any atom is -0.478 e. The first-order valence-corrected chi connectivity index (χ1v) is 4.26. The highest BCUT2D eigenvalue weighted by Gasteiger charge is 2.47. The molecule has 0 aliphatic rings. The molecular formula is C10H8F2O4. The van der Waals surface area contributed by atoms with Gasteiger partial charge < -0.3 is 10.2 Å². The Morgan fingerprint density at radius 2 is 1.56 bits per heavy atom. The van der Waals surface area contributed by atoms with Gasteiger partial charge in [-0.05, 0) is 17.7 Å². The number of hydrogen-bond donors (Lipinski definition) is 2. The van der Waals surface area contributed by atoms with Crippen LogP contribution < -0.4 is 0 Å². The first-order valence-electron chi connectivity index (χ1n) is 4.26. The lowest BCUT2D eigenvalue weighted by atomic mass is 9.96. The van der Waals surface area contributed by atoms with Crippen molar-refractivity contribution in [3.8, 4) is 0 Å². The molecule has 0 saturated heterocycles. The third-order valence-electron chi connectivity index (χ3n) is 2.04. The number of carboxylic acids is 2. The number of aliphatic carboxylic acids is 2. The zero-order valence-electron chi connectivity index (χ0n) is 7.98. The van der Waals surface area contributed by atoms with Crippen molar-refractivity contribution in [2.45, 2.75) is 12.1 Å². The summed E-state index contributed by atoms with van der Waals surface area (Å²) in [4.78, 5) is 21.0. The summed E-state index contributed by atoms with van der Waals surface area (Å²) >= 11 is 0. The van der Waals surface area contributed by atoms with Crippen LogP contribution in [-0.2, 0) is 16.0 Å². The van der Waals surface area contributed by atoms with Gasteiger partial charge in [0.2, 0.25) is 0 Å². The Labute approximate surface area is 89.1 Å². The van der Waals surface area contributed by atoms with E-state index < -0.39 is 29.8 Å². The molecule has 16 heavy (non-hydrogen) atoms. The smallest absolute Gasteiger partial charge is 0.353 e. The van der Waals surface area contributed by atoms with E-state index in [9.17, 15) is 18.4 Å². The molecule has 0 spiro atoms. The second-order valence-electron chi connectivity index (χ2n) is 3.21. The minimum atomic E-state index is -3.39. The van der Waals surface area contributed by atoms with E-state index >= 15 is 0 Å². The molecule has 0 unspecified atom stereocenters. The maximum atomic E-state index is 13.5. The maximum Gasteiger partial charge on any atom is 0.353 e. The largest absolute Gasteiger partial charge is 0.478 e. The summed E-state index contributed by atoms with van der Waals surface area (Å²) in [6.45, 7) is 0. The molecule has 0 bridgehead atoms. The zero-order chi connectivity index (χ0) is 12.3. The normalized spacial score (nSPS) is 11.1. The SMILES string of the molecule is O=C(O)C(F)(Cc1ccc(F)cc1)C(=O)O. The highest BCUT2D eigenvalue weighted by Crippen LogP contribution is 2.19. The van der Waals surface area contributed by atoms with Gasteiger partial charge in [-0.15, -0.1) is 0 Å². The van der Waals surface area contributed by atoms with Crippen LogP contribution in [0.2, 0.25) is 0 Å². The van der Waals surface area contributed by atoms with E-state index in [-0.39, 0.29) is 5.56 Å². The van der Waals surface area contributed by atoms with Crippen molar-refractivity contribution in [3.63, 3.8) is 0 Å². The molecule has 1 aromatic rings. The zero-order valence-corrected chi connectivity index (χ0v) is 7.98. The van der Waals surface area contributed by atoms with Crippen LogP contribution in [0.1, 0.15) is 5.56 Å². The van der Waals surface area contributed by atoms with Crippen LogP contribution in [0, 0.1) is 5.82 Å². The van der Waals surface area contributed by atoms with Gasteiger partial charge in [-0.25, -0.2) is 18.4 Å². The van der Waals surface area contributed by atoms with Gasteiger partial charge in [-0.2, -0.15) is 0 Å². The first kappa shape index (κ1) is 12.1. The Morgan fingerprint density at radius 1 is 1.12 bits per heavy atom. The Hall–Kier alpha value is -1.98. The molecule has 0 fully saturated rings. The quantitative estimate of drug-likeness (QED) is 0.763. The summed E-state index contributed by atoms with van der Waals surface area (Å²) in [7, 11) is 0. The third kappa shape index (κ3) is 2.33. The van der Waals surface area contributed by atoms with Crippen LogP contribution in [0.4, 0.5) is 8.78 Å². The lowest BCUT2D eigenvalue weighted by molar-refractivity contribution is -0.166. The number of hydrogen-bond acceptors (Lipinski definition) is 2. The molecule has 1 aromatic carbocycles. The van der Waals surface area contributed by atoms with E-state index in [4.69, 9.17) is 10.2 Å². The van der Waals surface area contributed by atoms with Gasteiger partial charge >= 0.3 is 17.6 Å². The number of rotatable bonds is 4. The lowest BCUT2D eigenvalue weighted by Crippen LogP contribution is -2.44. The van der Waals surface area contributed by atoms with Crippen molar-refractivity contribution < 1.29 is 28.6 Å². The summed E-state index contributed by atoms with van der Waals surface area (Å²) in [5.41, 5.74) is -3.30. The van der Waals surface area contributed by atoms with Crippen molar-refractivity contribution in [1.82, 2.24) is 0 Å². The fraction of sp³-hybridized carbons (Fsp3) is 0.200. The van der Waals surface area contributed by atoms with Crippen molar-refractivity contribution in [2.24, 2.45) is 0 Å². The molecule has 0 amide bonds. The molecule has 0 radical (unpaired) electrons. The molecule has 2 N–H and O–H groups in total. The Bertz CT molecular complexity index is 399. The Morgan fingerprint density at radius 3 is 1.94 bits per heavy atom. The van der Waals surface area contributed by atoms with Gasteiger partial charge in [0.1, 0.15) is 5.82 Å². The molecule has 0 heterocycles. The highest BCUT2D eigenvalue weighted by atomic mass is 19.1. The molecule has 0 aliphatic carbocycles. The number of benzene rings is 1. The second kappa shape index (κ2) is 4.26. The molecule has 0 aromatic heterocycles.